The van der Waals surface area contributed by atoms with E-state index in [9.17, 15) is 9.59 Å². The molecular weight excluding hydrogens is 260 g/mol. The normalized spacial score (nSPS) is 16.3. The van der Waals surface area contributed by atoms with Crippen molar-refractivity contribution in [1.29, 1.82) is 0 Å². The fourth-order valence-corrected chi connectivity index (χ4v) is 2.52. The highest BCUT2D eigenvalue weighted by molar-refractivity contribution is 5.76. The number of piperidine rings is 1. The van der Waals surface area contributed by atoms with Crippen LogP contribution in [-0.4, -0.2) is 50.0 Å². The van der Waals surface area contributed by atoms with Gasteiger partial charge in [-0.3, -0.25) is 14.3 Å². The van der Waals surface area contributed by atoms with E-state index >= 15 is 0 Å². The summed E-state index contributed by atoms with van der Waals surface area (Å²) in [6.45, 7) is 2.03. The molecule has 2 heterocycles. The fraction of sp³-hybridized carbons (Fsp3) is 0.692. The van der Waals surface area contributed by atoms with E-state index in [-0.39, 0.29) is 12.3 Å². The number of nitrogens with zero attached hydrogens (tertiary/aromatic N) is 4. The Morgan fingerprint density at radius 1 is 1.25 bits per heavy atom. The molecule has 1 aromatic rings. The Morgan fingerprint density at radius 2 is 2.00 bits per heavy atom. The van der Waals surface area contributed by atoms with Crippen LogP contribution in [-0.2, 0) is 16.1 Å². The molecule has 1 aliphatic rings. The van der Waals surface area contributed by atoms with Gasteiger partial charge in [0.2, 0.25) is 5.91 Å². The Balaban J connectivity index is 1.67. The number of aromatic nitrogens is 3. The second-order valence-corrected chi connectivity index (χ2v) is 5.17. The van der Waals surface area contributed by atoms with Crippen LogP contribution in [0.5, 0.6) is 0 Å². The van der Waals surface area contributed by atoms with Crippen LogP contribution in [0.4, 0.5) is 0 Å². The molecule has 0 saturated carbocycles. The van der Waals surface area contributed by atoms with Crippen molar-refractivity contribution in [3.8, 4) is 0 Å². The van der Waals surface area contributed by atoms with Gasteiger partial charge >= 0.3 is 5.97 Å². The highest BCUT2D eigenvalue weighted by Crippen LogP contribution is 2.22. The van der Waals surface area contributed by atoms with Crippen LogP contribution >= 0.6 is 0 Å². The maximum absolute atomic E-state index is 12.0. The molecular formula is C13H20N4O3. The minimum Gasteiger partial charge on any atom is -0.481 e. The first-order valence-electron chi connectivity index (χ1n) is 6.99. The summed E-state index contributed by atoms with van der Waals surface area (Å²) in [5, 5.41) is 16.2. The molecule has 20 heavy (non-hydrogen) atoms. The van der Waals surface area contributed by atoms with Crippen molar-refractivity contribution in [2.45, 2.75) is 38.6 Å². The van der Waals surface area contributed by atoms with Crippen LogP contribution in [0.25, 0.3) is 0 Å². The molecule has 0 spiro atoms. The summed E-state index contributed by atoms with van der Waals surface area (Å²) in [5.41, 5.74) is 0. The zero-order valence-corrected chi connectivity index (χ0v) is 11.4. The van der Waals surface area contributed by atoms with E-state index in [0.29, 0.717) is 18.9 Å². The molecule has 0 radical (unpaired) electrons. The highest BCUT2D eigenvalue weighted by Gasteiger charge is 2.22. The van der Waals surface area contributed by atoms with Gasteiger partial charge in [0.25, 0.3) is 0 Å². The molecule has 0 aromatic carbocycles. The molecule has 2 rings (SSSR count). The van der Waals surface area contributed by atoms with E-state index < -0.39 is 5.97 Å². The van der Waals surface area contributed by atoms with Gasteiger partial charge in [-0.25, -0.2) is 0 Å². The Labute approximate surface area is 117 Å². The van der Waals surface area contributed by atoms with E-state index in [1.165, 1.54) is 0 Å². The first-order chi connectivity index (χ1) is 9.65. The summed E-state index contributed by atoms with van der Waals surface area (Å²) in [5.74, 6) is -0.168. The number of carbonyl (C=O) groups is 2. The number of carboxylic acid groups (broad SMARTS) is 1. The Hall–Kier alpha value is -1.92. The SMILES string of the molecule is O=C(O)CCC1CCN(C(=O)CCn2ccnn2)CC1. The third-order valence-corrected chi connectivity index (χ3v) is 3.76. The summed E-state index contributed by atoms with van der Waals surface area (Å²) in [6, 6.07) is 0. The maximum Gasteiger partial charge on any atom is 0.303 e. The number of amides is 1. The minimum atomic E-state index is -0.740. The zero-order chi connectivity index (χ0) is 14.4. The van der Waals surface area contributed by atoms with Crippen molar-refractivity contribution >= 4 is 11.9 Å². The predicted molar refractivity (Wildman–Crippen MR) is 70.8 cm³/mol. The largest absolute Gasteiger partial charge is 0.481 e. The average Bonchev–Trinajstić information content (AvgIpc) is 2.96. The molecule has 0 atom stereocenters. The molecule has 1 fully saturated rings. The summed E-state index contributed by atoms with van der Waals surface area (Å²) < 4.78 is 1.65. The monoisotopic (exact) mass is 280 g/mol. The van der Waals surface area contributed by atoms with Crippen LogP contribution in [0, 0.1) is 5.92 Å². The van der Waals surface area contributed by atoms with E-state index in [4.69, 9.17) is 5.11 Å². The molecule has 1 aliphatic heterocycles. The van der Waals surface area contributed by atoms with Crippen molar-refractivity contribution in [2.75, 3.05) is 13.1 Å². The lowest BCUT2D eigenvalue weighted by molar-refractivity contribution is -0.138. The van der Waals surface area contributed by atoms with Gasteiger partial charge in [0.05, 0.1) is 12.7 Å². The number of hydrogen-bond acceptors (Lipinski definition) is 4. The standard InChI is InChI=1S/C13H20N4O3/c18-12(5-9-17-10-6-14-15-17)16-7-3-11(4-8-16)1-2-13(19)20/h6,10-11H,1-5,7-9H2,(H,19,20). The van der Waals surface area contributed by atoms with Gasteiger partial charge in [0.15, 0.2) is 0 Å². The molecule has 0 unspecified atom stereocenters. The van der Waals surface area contributed by atoms with Gasteiger partial charge in [0.1, 0.15) is 0 Å². The first kappa shape index (κ1) is 14.5. The van der Waals surface area contributed by atoms with Gasteiger partial charge in [-0.2, -0.15) is 0 Å². The fourth-order valence-electron chi connectivity index (χ4n) is 2.52. The predicted octanol–water partition coefficient (Wildman–Crippen LogP) is 0.772. The number of hydrogen-bond donors (Lipinski definition) is 1. The summed E-state index contributed by atoms with van der Waals surface area (Å²) in [4.78, 5) is 24.4. The number of aryl methyl sites for hydroxylation is 1. The van der Waals surface area contributed by atoms with Crippen molar-refractivity contribution in [2.24, 2.45) is 5.92 Å². The van der Waals surface area contributed by atoms with Crippen LogP contribution in [0.1, 0.15) is 32.1 Å². The van der Waals surface area contributed by atoms with Gasteiger partial charge in [-0.15, -0.1) is 5.10 Å². The van der Waals surface area contributed by atoms with Crippen molar-refractivity contribution < 1.29 is 14.7 Å². The molecule has 1 aromatic heterocycles. The molecule has 0 aliphatic carbocycles. The van der Waals surface area contributed by atoms with E-state index in [2.05, 4.69) is 10.3 Å². The Bertz CT molecular complexity index is 438. The lowest BCUT2D eigenvalue weighted by Gasteiger charge is -2.32. The van der Waals surface area contributed by atoms with E-state index in [1.54, 1.807) is 17.1 Å². The second-order valence-electron chi connectivity index (χ2n) is 5.17. The minimum absolute atomic E-state index is 0.136. The quantitative estimate of drug-likeness (QED) is 0.831. The smallest absolute Gasteiger partial charge is 0.303 e. The second kappa shape index (κ2) is 7.02. The van der Waals surface area contributed by atoms with Gasteiger partial charge in [0, 0.05) is 32.1 Å². The molecule has 7 heteroatoms. The van der Waals surface area contributed by atoms with E-state index in [0.717, 1.165) is 32.4 Å². The number of likely N-dealkylation sites (tertiary alicyclic amines) is 1. The summed E-state index contributed by atoms with van der Waals surface area (Å²) >= 11 is 0. The Kier molecular flexibility index (Phi) is 5.09. The molecule has 1 N–H and O–H groups in total. The zero-order valence-electron chi connectivity index (χ0n) is 11.4. The lowest BCUT2D eigenvalue weighted by Crippen LogP contribution is -2.38. The molecule has 1 saturated heterocycles. The first-order valence-corrected chi connectivity index (χ1v) is 6.99. The lowest BCUT2D eigenvalue weighted by atomic mass is 9.92. The van der Waals surface area contributed by atoms with Crippen LogP contribution in [0.15, 0.2) is 12.4 Å². The number of aliphatic carboxylic acids is 1. The molecule has 7 nitrogen and oxygen atoms in total. The van der Waals surface area contributed by atoms with Crippen molar-refractivity contribution in [3.63, 3.8) is 0 Å². The van der Waals surface area contributed by atoms with Crippen molar-refractivity contribution in [1.82, 2.24) is 19.9 Å². The summed E-state index contributed by atoms with van der Waals surface area (Å²) in [7, 11) is 0. The van der Waals surface area contributed by atoms with Gasteiger partial charge < -0.3 is 10.0 Å². The molecule has 1 amide bonds. The summed E-state index contributed by atoms with van der Waals surface area (Å²) in [6.07, 6.45) is 6.53. The third kappa shape index (κ3) is 4.32. The molecule has 110 valence electrons. The average molecular weight is 280 g/mol. The van der Waals surface area contributed by atoms with Crippen LogP contribution in [0.3, 0.4) is 0 Å². The Morgan fingerprint density at radius 3 is 2.60 bits per heavy atom. The number of rotatable bonds is 6. The van der Waals surface area contributed by atoms with Crippen LogP contribution in [0.2, 0.25) is 0 Å². The number of carbonyl (C=O) groups excluding carboxylic acids is 1. The topological polar surface area (TPSA) is 88.3 Å². The van der Waals surface area contributed by atoms with Gasteiger partial charge in [-0.05, 0) is 25.2 Å². The molecule has 0 bridgehead atoms. The number of carboxylic acids is 1. The highest BCUT2D eigenvalue weighted by atomic mass is 16.4. The van der Waals surface area contributed by atoms with Gasteiger partial charge in [-0.1, -0.05) is 5.21 Å². The van der Waals surface area contributed by atoms with Crippen LogP contribution < -0.4 is 0 Å². The third-order valence-electron chi connectivity index (χ3n) is 3.76. The van der Waals surface area contributed by atoms with E-state index in [1.807, 2.05) is 4.90 Å². The maximum atomic E-state index is 12.0. The van der Waals surface area contributed by atoms with Crippen molar-refractivity contribution in [3.05, 3.63) is 12.4 Å².